The average Bonchev–Trinajstić information content (AvgIpc) is 2.46. The van der Waals surface area contributed by atoms with E-state index >= 15 is 0 Å². The van der Waals surface area contributed by atoms with Crippen molar-refractivity contribution in [2.75, 3.05) is 20.3 Å². The number of methoxy groups -OCH3 is 1. The van der Waals surface area contributed by atoms with Gasteiger partial charge in [0.25, 0.3) is 5.91 Å². The van der Waals surface area contributed by atoms with E-state index in [1.807, 2.05) is 24.0 Å². The van der Waals surface area contributed by atoms with Gasteiger partial charge in [0.15, 0.2) is 0 Å². The second-order valence-corrected chi connectivity index (χ2v) is 5.87. The SMILES string of the molecule is CCC1COC(C)CN1C(=O)c1ccc(OC)c(Br)c1. The number of rotatable bonds is 3. The van der Waals surface area contributed by atoms with Crippen LogP contribution in [0.2, 0.25) is 0 Å². The van der Waals surface area contributed by atoms with Crippen molar-refractivity contribution >= 4 is 21.8 Å². The fourth-order valence-electron chi connectivity index (χ4n) is 2.40. The van der Waals surface area contributed by atoms with Crippen molar-refractivity contribution in [3.8, 4) is 5.75 Å². The molecule has 4 nitrogen and oxygen atoms in total. The number of halogens is 1. The second-order valence-electron chi connectivity index (χ2n) is 5.01. The fraction of sp³-hybridized carbons (Fsp3) is 0.533. The van der Waals surface area contributed by atoms with Gasteiger partial charge in [0, 0.05) is 12.1 Å². The molecule has 0 aromatic heterocycles. The van der Waals surface area contributed by atoms with Gasteiger partial charge in [-0.1, -0.05) is 6.92 Å². The van der Waals surface area contributed by atoms with Crippen molar-refractivity contribution in [2.24, 2.45) is 0 Å². The quantitative estimate of drug-likeness (QED) is 0.847. The lowest BCUT2D eigenvalue weighted by Crippen LogP contribution is -2.51. The molecule has 5 heteroatoms. The number of hydrogen-bond acceptors (Lipinski definition) is 3. The van der Waals surface area contributed by atoms with Crippen molar-refractivity contribution in [2.45, 2.75) is 32.4 Å². The van der Waals surface area contributed by atoms with Gasteiger partial charge in [-0.2, -0.15) is 0 Å². The van der Waals surface area contributed by atoms with Crippen molar-refractivity contribution in [3.05, 3.63) is 28.2 Å². The van der Waals surface area contributed by atoms with Crippen LogP contribution in [-0.2, 0) is 4.74 Å². The first-order valence-electron chi connectivity index (χ1n) is 6.83. The van der Waals surface area contributed by atoms with E-state index in [1.165, 1.54) is 0 Å². The number of ether oxygens (including phenoxy) is 2. The van der Waals surface area contributed by atoms with E-state index < -0.39 is 0 Å². The minimum atomic E-state index is 0.0513. The number of carbonyl (C=O) groups excluding carboxylic acids is 1. The minimum absolute atomic E-state index is 0.0513. The highest BCUT2D eigenvalue weighted by Crippen LogP contribution is 2.27. The van der Waals surface area contributed by atoms with Crippen LogP contribution in [0.5, 0.6) is 5.75 Å². The normalized spacial score (nSPS) is 22.7. The Morgan fingerprint density at radius 1 is 1.55 bits per heavy atom. The average molecular weight is 342 g/mol. The Kier molecular flexibility index (Phi) is 5.05. The summed E-state index contributed by atoms with van der Waals surface area (Å²) < 4.78 is 11.6. The van der Waals surface area contributed by atoms with E-state index in [0.717, 1.165) is 16.6 Å². The molecule has 1 fully saturated rings. The molecule has 1 amide bonds. The molecule has 1 aliphatic rings. The molecule has 110 valence electrons. The molecule has 0 N–H and O–H groups in total. The third-order valence-electron chi connectivity index (χ3n) is 3.60. The van der Waals surface area contributed by atoms with Crippen molar-refractivity contribution in [1.82, 2.24) is 4.90 Å². The van der Waals surface area contributed by atoms with E-state index in [1.54, 1.807) is 13.2 Å². The number of carbonyl (C=O) groups is 1. The smallest absolute Gasteiger partial charge is 0.254 e. The van der Waals surface area contributed by atoms with Gasteiger partial charge in [-0.3, -0.25) is 4.79 Å². The van der Waals surface area contributed by atoms with Crippen molar-refractivity contribution in [1.29, 1.82) is 0 Å². The zero-order valence-corrected chi connectivity index (χ0v) is 13.6. The monoisotopic (exact) mass is 341 g/mol. The molecular formula is C15H20BrNO3. The molecule has 20 heavy (non-hydrogen) atoms. The molecule has 0 saturated carbocycles. The van der Waals surface area contributed by atoms with Crippen molar-refractivity contribution in [3.63, 3.8) is 0 Å². The largest absolute Gasteiger partial charge is 0.496 e. The van der Waals surface area contributed by atoms with E-state index in [-0.39, 0.29) is 18.1 Å². The van der Waals surface area contributed by atoms with Gasteiger partial charge in [-0.15, -0.1) is 0 Å². The van der Waals surface area contributed by atoms with Crippen LogP contribution in [0, 0.1) is 0 Å². The lowest BCUT2D eigenvalue weighted by atomic mass is 10.1. The predicted molar refractivity (Wildman–Crippen MR) is 81.2 cm³/mol. The first kappa shape index (κ1) is 15.3. The first-order chi connectivity index (χ1) is 9.56. The highest BCUT2D eigenvalue weighted by molar-refractivity contribution is 9.10. The van der Waals surface area contributed by atoms with Crippen LogP contribution in [0.25, 0.3) is 0 Å². The van der Waals surface area contributed by atoms with E-state index in [9.17, 15) is 4.79 Å². The maximum Gasteiger partial charge on any atom is 0.254 e. The summed E-state index contributed by atoms with van der Waals surface area (Å²) in [6, 6.07) is 5.58. The molecular weight excluding hydrogens is 322 g/mol. The van der Waals surface area contributed by atoms with Crippen LogP contribution < -0.4 is 4.74 Å². The topological polar surface area (TPSA) is 38.8 Å². The molecule has 1 heterocycles. The van der Waals surface area contributed by atoms with Gasteiger partial charge in [-0.25, -0.2) is 0 Å². The van der Waals surface area contributed by atoms with Gasteiger partial charge in [0.05, 0.1) is 30.3 Å². The molecule has 1 aromatic carbocycles. The highest BCUT2D eigenvalue weighted by Gasteiger charge is 2.30. The van der Waals surface area contributed by atoms with Gasteiger partial charge >= 0.3 is 0 Å². The molecule has 1 saturated heterocycles. The highest BCUT2D eigenvalue weighted by atomic mass is 79.9. The Bertz CT molecular complexity index is 492. The number of benzene rings is 1. The molecule has 1 aromatic rings. The Labute approximate surface area is 128 Å². The van der Waals surface area contributed by atoms with Crippen LogP contribution in [0.1, 0.15) is 30.6 Å². The van der Waals surface area contributed by atoms with Crippen LogP contribution in [-0.4, -0.2) is 43.2 Å². The predicted octanol–water partition coefficient (Wildman–Crippen LogP) is 3.10. The third-order valence-corrected chi connectivity index (χ3v) is 4.22. The summed E-state index contributed by atoms with van der Waals surface area (Å²) in [5.74, 6) is 0.777. The van der Waals surface area contributed by atoms with Crippen LogP contribution in [0.4, 0.5) is 0 Å². The fourth-order valence-corrected chi connectivity index (χ4v) is 2.94. The molecule has 2 rings (SSSR count). The number of amides is 1. The van der Waals surface area contributed by atoms with Gasteiger partial charge < -0.3 is 14.4 Å². The molecule has 0 aliphatic carbocycles. The van der Waals surface area contributed by atoms with E-state index in [2.05, 4.69) is 22.9 Å². The summed E-state index contributed by atoms with van der Waals surface area (Å²) >= 11 is 3.42. The number of morpholine rings is 1. The van der Waals surface area contributed by atoms with Crippen LogP contribution in [0.3, 0.4) is 0 Å². The van der Waals surface area contributed by atoms with Crippen LogP contribution >= 0.6 is 15.9 Å². The zero-order valence-electron chi connectivity index (χ0n) is 12.1. The zero-order chi connectivity index (χ0) is 14.7. The molecule has 0 bridgehead atoms. The Morgan fingerprint density at radius 2 is 2.30 bits per heavy atom. The maximum absolute atomic E-state index is 12.7. The molecule has 0 radical (unpaired) electrons. The minimum Gasteiger partial charge on any atom is -0.496 e. The maximum atomic E-state index is 12.7. The van der Waals surface area contributed by atoms with E-state index in [0.29, 0.717) is 18.7 Å². The lowest BCUT2D eigenvalue weighted by molar-refractivity contribution is -0.0444. The van der Waals surface area contributed by atoms with E-state index in [4.69, 9.17) is 9.47 Å². The van der Waals surface area contributed by atoms with Gasteiger partial charge in [0.1, 0.15) is 5.75 Å². The Hall–Kier alpha value is -1.07. The van der Waals surface area contributed by atoms with Gasteiger partial charge in [0.2, 0.25) is 0 Å². The molecule has 0 spiro atoms. The van der Waals surface area contributed by atoms with Crippen molar-refractivity contribution < 1.29 is 14.3 Å². The third kappa shape index (κ3) is 3.15. The first-order valence-corrected chi connectivity index (χ1v) is 7.62. The standard InChI is InChI=1S/C15H20BrNO3/c1-4-12-9-20-10(2)8-17(12)15(18)11-5-6-14(19-3)13(16)7-11/h5-7,10,12H,4,8-9H2,1-3H3. The summed E-state index contributed by atoms with van der Waals surface area (Å²) in [7, 11) is 1.61. The molecule has 1 aliphatic heterocycles. The molecule has 2 atom stereocenters. The summed E-state index contributed by atoms with van der Waals surface area (Å²) in [6.45, 7) is 5.33. The number of nitrogens with zero attached hydrogens (tertiary/aromatic N) is 1. The summed E-state index contributed by atoms with van der Waals surface area (Å²) in [4.78, 5) is 14.6. The summed E-state index contributed by atoms with van der Waals surface area (Å²) in [5, 5.41) is 0. The second kappa shape index (κ2) is 6.59. The number of hydrogen-bond donors (Lipinski definition) is 0. The van der Waals surface area contributed by atoms with Gasteiger partial charge in [-0.05, 0) is 47.5 Å². The van der Waals surface area contributed by atoms with Crippen LogP contribution in [0.15, 0.2) is 22.7 Å². The summed E-state index contributed by atoms with van der Waals surface area (Å²) in [6.07, 6.45) is 0.985. The molecule has 2 unspecified atom stereocenters. The Morgan fingerprint density at radius 3 is 2.90 bits per heavy atom. The lowest BCUT2D eigenvalue weighted by Gasteiger charge is -2.38. The summed E-state index contributed by atoms with van der Waals surface area (Å²) in [5.41, 5.74) is 0.672. The Balaban J connectivity index is 2.22.